The highest BCUT2D eigenvalue weighted by Gasteiger charge is 2.49. The van der Waals surface area contributed by atoms with Crippen LogP contribution in [0.1, 0.15) is 39.6 Å². The third-order valence-corrected chi connectivity index (χ3v) is 6.34. The lowest BCUT2D eigenvalue weighted by Crippen LogP contribution is -2.35. The van der Waals surface area contributed by atoms with Crippen molar-refractivity contribution in [2.75, 3.05) is 33.4 Å². The van der Waals surface area contributed by atoms with Crippen LogP contribution < -0.4 is 4.18 Å². The van der Waals surface area contributed by atoms with Crippen molar-refractivity contribution in [3.8, 4) is 16.9 Å². The molecule has 12 heteroatoms. The number of esters is 1. The van der Waals surface area contributed by atoms with E-state index in [1.54, 1.807) is 12.1 Å². The van der Waals surface area contributed by atoms with Gasteiger partial charge >= 0.3 is 21.6 Å². The van der Waals surface area contributed by atoms with E-state index in [0.29, 0.717) is 30.9 Å². The van der Waals surface area contributed by atoms with E-state index in [4.69, 9.17) is 4.74 Å². The van der Waals surface area contributed by atoms with Gasteiger partial charge in [0, 0.05) is 26.1 Å². The third kappa shape index (κ3) is 6.19. The molecule has 2 aromatic rings. The molecule has 0 atom stereocenters. The molecule has 1 saturated heterocycles. The maximum Gasteiger partial charge on any atom is 0.534 e. The van der Waals surface area contributed by atoms with Crippen LogP contribution in [-0.2, 0) is 26.1 Å². The molecule has 0 saturated carbocycles. The van der Waals surface area contributed by atoms with Gasteiger partial charge in [0.05, 0.1) is 25.9 Å². The Balaban J connectivity index is 2.06. The molecule has 8 nitrogen and oxygen atoms in total. The summed E-state index contributed by atoms with van der Waals surface area (Å²) in [4.78, 5) is 27.2. The van der Waals surface area contributed by atoms with Crippen LogP contribution >= 0.6 is 0 Å². The summed E-state index contributed by atoms with van der Waals surface area (Å²) in [5.41, 5.74) is -5.00. The quantitative estimate of drug-likeness (QED) is 0.227. The normalized spacial score (nSPS) is 15.0. The highest BCUT2D eigenvalue weighted by Crippen LogP contribution is 2.36. The highest BCUT2D eigenvalue weighted by molar-refractivity contribution is 7.88. The molecule has 0 unspecified atom stereocenters. The van der Waals surface area contributed by atoms with Crippen molar-refractivity contribution >= 4 is 21.9 Å². The number of Topliss-reactive ketones (excluding diaryl/α,β-unsaturated/α-hetero) is 1. The van der Waals surface area contributed by atoms with E-state index in [1.165, 1.54) is 13.0 Å². The maximum absolute atomic E-state index is 13.0. The molecule has 0 bridgehead atoms. The first kappa shape index (κ1) is 26.6. The molecular formula is C23H24F3NO7S. The number of nitrogens with zero attached hydrogens (tertiary/aromatic N) is 1. The molecular weight excluding hydrogens is 491 g/mol. The fourth-order valence-electron chi connectivity index (χ4n) is 3.52. The molecule has 0 radical (unpaired) electrons. The summed E-state index contributed by atoms with van der Waals surface area (Å²) < 4.78 is 76.5. The van der Waals surface area contributed by atoms with Crippen molar-refractivity contribution in [3.05, 3.63) is 53.1 Å². The van der Waals surface area contributed by atoms with Crippen molar-refractivity contribution in [2.24, 2.45) is 0 Å². The number of hydrogen-bond acceptors (Lipinski definition) is 8. The third-order valence-electron chi connectivity index (χ3n) is 5.39. The van der Waals surface area contributed by atoms with Crippen LogP contribution in [0.2, 0.25) is 0 Å². The summed E-state index contributed by atoms with van der Waals surface area (Å²) in [5.74, 6) is -2.89. The topological polar surface area (TPSA) is 99.2 Å². The summed E-state index contributed by atoms with van der Waals surface area (Å²) in [6, 6.07) is 9.51. The summed E-state index contributed by atoms with van der Waals surface area (Å²) in [6.45, 7) is 5.04. The molecule has 0 amide bonds. The summed E-state index contributed by atoms with van der Waals surface area (Å²) in [6.07, 6.45) is -0.176. The Kier molecular flexibility index (Phi) is 8.18. The number of alkyl halides is 3. The number of morpholine rings is 1. The Morgan fingerprint density at radius 3 is 2.17 bits per heavy atom. The summed E-state index contributed by atoms with van der Waals surface area (Å²) >= 11 is 0. The monoisotopic (exact) mass is 515 g/mol. The van der Waals surface area contributed by atoms with Gasteiger partial charge in [-0.15, -0.1) is 0 Å². The van der Waals surface area contributed by atoms with Gasteiger partial charge in [-0.1, -0.05) is 31.2 Å². The Bertz CT molecular complexity index is 1150. The fourth-order valence-corrected chi connectivity index (χ4v) is 4.01. The lowest BCUT2D eigenvalue weighted by atomic mass is 9.95. The Morgan fingerprint density at radius 2 is 1.63 bits per heavy atom. The van der Waals surface area contributed by atoms with Gasteiger partial charge in [-0.2, -0.15) is 21.6 Å². The molecule has 0 spiro atoms. The summed E-state index contributed by atoms with van der Waals surface area (Å²) in [5, 5.41) is 0. The summed E-state index contributed by atoms with van der Waals surface area (Å²) in [7, 11) is -5.18. The Hall–Kier alpha value is -2.96. The van der Waals surface area contributed by atoms with Crippen LogP contribution in [0.4, 0.5) is 13.2 Å². The number of halogens is 3. The molecule has 0 aromatic heterocycles. The van der Waals surface area contributed by atoms with E-state index >= 15 is 0 Å². The van der Waals surface area contributed by atoms with Gasteiger partial charge in [0.2, 0.25) is 0 Å². The van der Waals surface area contributed by atoms with Crippen molar-refractivity contribution in [1.82, 2.24) is 4.90 Å². The zero-order valence-corrected chi connectivity index (χ0v) is 19.9. The van der Waals surface area contributed by atoms with E-state index in [2.05, 4.69) is 13.8 Å². The number of carbonyl (C=O) groups is 2. The second-order valence-electron chi connectivity index (χ2n) is 7.74. The predicted molar refractivity (Wildman–Crippen MR) is 120 cm³/mol. The van der Waals surface area contributed by atoms with Crippen LogP contribution in [0.15, 0.2) is 36.4 Å². The molecule has 2 aromatic carbocycles. The molecule has 1 aliphatic rings. The van der Waals surface area contributed by atoms with Crippen molar-refractivity contribution in [1.29, 1.82) is 0 Å². The number of methoxy groups -OCH3 is 1. The molecule has 1 heterocycles. The van der Waals surface area contributed by atoms with Crippen LogP contribution in [0.3, 0.4) is 0 Å². The molecule has 1 fully saturated rings. The average Bonchev–Trinajstić information content (AvgIpc) is 2.83. The first-order valence-corrected chi connectivity index (χ1v) is 12.1. The van der Waals surface area contributed by atoms with Gasteiger partial charge < -0.3 is 13.7 Å². The molecule has 190 valence electrons. The maximum atomic E-state index is 13.0. The highest BCUT2D eigenvalue weighted by atomic mass is 32.2. The van der Waals surface area contributed by atoms with E-state index in [-0.39, 0.29) is 6.42 Å². The van der Waals surface area contributed by atoms with Crippen molar-refractivity contribution < 1.29 is 44.8 Å². The van der Waals surface area contributed by atoms with Gasteiger partial charge in [0.15, 0.2) is 11.5 Å². The number of hydrogen-bond donors (Lipinski definition) is 0. The minimum Gasteiger partial charge on any atom is -0.465 e. The Morgan fingerprint density at radius 1 is 1.03 bits per heavy atom. The number of ketones is 1. The van der Waals surface area contributed by atoms with Crippen LogP contribution in [-0.4, -0.2) is 64.0 Å². The number of rotatable bonds is 8. The number of carbonyl (C=O) groups excluding carboxylic acids is 2. The van der Waals surface area contributed by atoms with Crippen LogP contribution in [0, 0.1) is 0 Å². The van der Waals surface area contributed by atoms with Crippen molar-refractivity contribution in [2.45, 2.75) is 25.4 Å². The van der Waals surface area contributed by atoms with Crippen molar-refractivity contribution in [3.63, 3.8) is 0 Å². The number of ether oxygens (including phenoxy) is 2. The standard InChI is InChI=1S/C23H24F3NO7S/c1-3-20(28)18-12-17(16-6-4-15(5-7-16)14-27-8-10-33-11-9-27)13-19(22(29)32-2)21(18)34-35(30,31)23(24,25)26/h4-7,12-13H,3,8-11,14H2,1-2H3. The van der Waals surface area contributed by atoms with Crippen LogP contribution in [0.25, 0.3) is 11.1 Å². The van der Waals surface area contributed by atoms with Gasteiger partial charge in [-0.3, -0.25) is 9.69 Å². The second kappa shape index (κ2) is 10.8. The SMILES string of the molecule is CCC(=O)c1cc(-c2ccc(CN3CCOCC3)cc2)cc(C(=O)OC)c1OS(=O)(=O)C(F)(F)F. The van der Waals surface area contributed by atoms with Gasteiger partial charge in [-0.25, -0.2) is 4.79 Å². The fraction of sp³-hybridized carbons (Fsp3) is 0.391. The van der Waals surface area contributed by atoms with Gasteiger partial charge in [-0.05, 0) is 28.8 Å². The zero-order valence-electron chi connectivity index (χ0n) is 19.1. The smallest absolute Gasteiger partial charge is 0.465 e. The average molecular weight is 516 g/mol. The molecule has 0 aliphatic carbocycles. The molecule has 1 aliphatic heterocycles. The minimum absolute atomic E-state index is 0.176. The van der Waals surface area contributed by atoms with E-state index in [9.17, 15) is 31.2 Å². The Labute approximate surface area is 200 Å². The minimum atomic E-state index is -6.15. The molecule has 0 N–H and O–H groups in total. The van der Waals surface area contributed by atoms with Gasteiger partial charge in [0.25, 0.3) is 0 Å². The largest absolute Gasteiger partial charge is 0.534 e. The number of benzene rings is 2. The second-order valence-corrected chi connectivity index (χ2v) is 9.28. The van der Waals surface area contributed by atoms with E-state index in [0.717, 1.165) is 31.8 Å². The van der Waals surface area contributed by atoms with E-state index < -0.39 is 44.3 Å². The lowest BCUT2D eigenvalue weighted by molar-refractivity contribution is -0.0500. The molecule has 35 heavy (non-hydrogen) atoms. The first-order valence-electron chi connectivity index (χ1n) is 10.7. The van der Waals surface area contributed by atoms with Crippen LogP contribution in [0.5, 0.6) is 5.75 Å². The van der Waals surface area contributed by atoms with Gasteiger partial charge in [0.1, 0.15) is 5.56 Å². The predicted octanol–water partition coefficient (Wildman–Crippen LogP) is 3.79. The zero-order chi connectivity index (χ0) is 25.8. The molecule has 3 rings (SSSR count). The lowest BCUT2D eigenvalue weighted by Gasteiger charge is -2.26. The van der Waals surface area contributed by atoms with E-state index in [1.807, 2.05) is 12.1 Å². The first-order chi connectivity index (χ1) is 16.5.